The summed E-state index contributed by atoms with van der Waals surface area (Å²) in [6, 6.07) is 4.72. The number of carboxylic acids is 1. The molecular formula is C16H15ClN2O4. The average Bonchev–Trinajstić information content (AvgIpc) is 3.03. The Kier molecular flexibility index (Phi) is 5.94. The van der Waals surface area contributed by atoms with E-state index in [1.54, 1.807) is 30.6 Å². The topological polar surface area (TPSA) is 92.3 Å². The number of hydrogen-bond acceptors (Lipinski definition) is 4. The van der Waals surface area contributed by atoms with Crippen LogP contribution in [0.1, 0.15) is 29.0 Å². The maximum absolute atomic E-state index is 12.0. The van der Waals surface area contributed by atoms with E-state index in [1.807, 2.05) is 0 Å². The molecule has 1 aromatic heterocycles. The van der Waals surface area contributed by atoms with E-state index in [-0.39, 0.29) is 18.8 Å². The highest BCUT2D eigenvalue weighted by Gasteiger charge is 2.08. The van der Waals surface area contributed by atoms with Crippen LogP contribution in [0.5, 0.6) is 5.75 Å². The summed E-state index contributed by atoms with van der Waals surface area (Å²) in [6.45, 7) is 0.248. The normalized spacial score (nSPS) is 10.8. The monoisotopic (exact) mass is 334 g/mol. The molecule has 0 saturated carbocycles. The lowest BCUT2D eigenvalue weighted by atomic mass is 10.1. The maximum atomic E-state index is 12.0. The molecule has 2 aromatic rings. The molecule has 0 fully saturated rings. The van der Waals surface area contributed by atoms with Crippen LogP contribution < -0.4 is 4.74 Å². The van der Waals surface area contributed by atoms with Crippen molar-refractivity contribution in [2.45, 2.75) is 12.8 Å². The van der Waals surface area contributed by atoms with Crippen LogP contribution in [0.25, 0.3) is 6.08 Å². The standard InChI is InChI=1S/C16H15ClN2O4/c17-12-10-11(13(20)4-6-15-18-7-8-19-15)3-5-14(12)23-9-1-2-16(21)22/h3-8,10H,1-2,9H2,(H,18,19)(H,21,22)/b6-4+. The Balaban J connectivity index is 1.95. The SMILES string of the molecule is O=C(O)CCCOc1ccc(C(=O)/C=C/c2ncc[nH]2)cc1Cl. The third kappa shape index (κ3) is 5.27. The smallest absolute Gasteiger partial charge is 0.303 e. The van der Waals surface area contributed by atoms with E-state index in [0.29, 0.717) is 28.6 Å². The number of carbonyl (C=O) groups excluding carboxylic acids is 1. The molecule has 1 aromatic carbocycles. The first-order chi connectivity index (χ1) is 11.1. The van der Waals surface area contributed by atoms with Crippen molar-refractivity contribution in [1.82, 2.24) is 9.97 Å². The van der Waals surface area contributed by atoms with Crippen LogP contribution in [-0.2, 0) is 4.79 Å². The first-order valence-corrected chi connectivity index (χ1v) is 7.30. The van der Waals surface area contributed by atoms with E-state index in [9.17, 15) is 9.59 Å². The van der Waals surface area contributed by atoms with Crippen molar-refractivity contribution in [2.24, 2.45) is 0 Å². The summed E-state index contributed by atoms with van der Waals surface area (Å²) in [6.07, 6.45) is 6.66. The summed E-state index contributed by atoms with van der Waals surface area (Å²) >= 11 is 6.08. The van der Waals surface area contributed by atoms with Gasteiger partial charge in [0.05, 0.1) is 11.6 Å². The number of imidazole rings is 1. The van der Waals surface area contributed by atoms with Gasteiger partial charge in [-0.1, -0.05) is 11.6 Å². The highest BCUT2D eigenvalue weighted by atomic mass is 35.5. The minimum Gasteiger partial charge on any atom is -0.492 e. The van der Waals surface area contributed by atoms with E-state index in [4.69, 9.17) is 21.4 Å². The second kappa shape index (κ2) is 8.14. The zero-order valence-corrected chi connectivity index (χ0v) is 12.9. The molecule has 7 heteroatoms. The summed E-state index contributed by atoms with van der Waals surface area (Å²) in [5.41, 5.74) is 0.427. The number of ketones is 1. The fraction of sp³-hybridized carbons (Fsp3) is 0.188. The molecule has 0 bridgehead atoms. The molecule has 0 radical (unpaired) electrons. The zero-order valence-electron chi connectivity index (χ0n) is 12.2. The Bertz CT molecular complexity index is 711. The second-order valence-electron chi connectivity index (χ2n) is 4.66. The molecule has 6 nitrogen and oxygen atoms in total. The van der Waals surface area contributed by atoms with Crippen LogP contribution in [0.3, 0.4) is 0 Å². The van der Waals surface area contributed by atoms with Crippen LogP contribution in [0, 0.1) is 0 Å². The van der Waals surface area contributed by atoms with E-state index in [0.717, 1.165) is 0 Å². The van der Waals surface area contributed by atoms with Crippen LogP contribution in [0.2, 0.25) is 5.02 Å². The van der Waals surface area contributed by atoms with Crippen molar-refractivity contribution < 1.29 is 19.4 Å². The number of aromatic nitrogens is 2. The molecule has 0 aliphatic rings. The quantitative estimate of drug-likeness (QED) is 0.439. The average molecular weight is 335 g/mol. The molecule has 0 atom stereocenters. The van der Waals surface area contributed by atoms with Gasteiger partial charge in [-0.25, -0.2) is 4.98 Å². The van der Waals surface area contributed by atoms with Gasteiger partial charge < -0.3 is 14.8 Å². The molecule has 0 spiro atoms. The third-order valence-corrected chi connectivity index (χ3v) is 3.22. The Labute approximate surface area is 137 Å². The number of aromatic amines is 1. The number of nitrogens with zero attached hydrogens (tertiary/aromatic N) is 1. The molecule has 0 unspecified atom stereocenters. The summed E-state index contributed by atoms with van der Waals surface area (Å²) in [5, 5.41) is 8.85. The number of ether oxygens (including phenoxy) is 1. The molecule has 0 saturated heterocycles. The van der Waals surface area contributed by atoms with E-state index < -0.39 is 5.97 Å². The summed E-state index contributed by atoms with van der Waals surface area (Å²) in [4.78, 5) is 29.3. The molecule has 23 heavy (non-hydrogen) atoms. The van der Waals surface area contributed by atoms with Gasteiger partial charge >= 0.3 is 5.97 Å². The Hall–Kier alpha value is -2.60. The van der Waals surface area contributed by atoms with E-state index in [1.165, 1.54) is 12.1 Å². The van der Waals surface area contributed by atoms with Gasteiger partial charge in [0.15, 0.2) is 5.78 Å². The molecule has 1 heterocycles. The lowest BCUT2D eigenvalue weighted by Gasteiger charge is -2.08. The number of H-pyrrole nitrogens is 1. The summed E-state index contributed by atoms with van der Waals surface area (Å²) in [5.74, 6) is -0.0730. The predicted octanol–water partition coefficient (Wildman–Crippen LogP) is 3.20. The lowest BCUT2D eigenvalue weighted by Crippen LogP contribution is -2.03. The van der Waals surface area contributed by atoms with Crippen LogP contribution in [-0.4, -0.2) is 33.4 Å². The van der Waals surface area contributed by atoms with Crippen molar-refractivity contribution >= 4 is 29.4 Å². The largest absolute Gasteiger partial charge is 0.492 e. The molecule has 2 rings (SSSR count). The highest BCUT2D eigenvalue weighted by Crippen LogP contribution is 2.26. The fourth-order valence-electron chi connectivity index (χ4n) is 1.80. The number of nitrogens with one attached hydrogen (secondary N) is 1. The number of carbonyl (C=O) groups is 2. The molecule has 120 valence electrons. The van der Waals surface area contributed by atoms with E-state index in [2.05, 4.69) is 9.97 Å². The number of rotatable bonds is 8. The Morgan fingerprint density at radius 3 is 2.87 bits per heavy atom. The maximum Gasteiger partial charge on any atom is 0.303 e. The number of benzene rings is 1. The molecule has 0 amide bonds. The van der Waals surface area contributed by atoms with E-state index >= 15 is 0 Å². The van der Waals surface area contributed by atoms with Crippen molar-refractivity contribution in [1.29, 1.82) is 0 Å². The van der Waals surface area contributed by atoms with Crippen molar-refractivity contribution in [2.75, 3.05) is 6.61 Å². The predicted molar refractivity (Wildman–Crippen MR) is 85.8 cm³/mol. The van der Waals surface area contributed by atoms with Crippen LogP contribution in [0.15, 0.2) is 36.7 Å². The first kappa shape index (κ1) is 16.8. The van der Waals surface area contributed by atoms with Crippen LogP contribution >= 0.6 is 11.6 Å². The molecular weight excluding hydrogens is 320 g/mol. The number of carboxylic acid groups (broad SMARTS) is 1. The van der Waals surface area contributed by atoms with Gasteiger partial charge in [-0.15, -0.1) is 0 Å². The highest BCUT2D eigenvalue weighted by molar-refractivity contribution is 6.32. The van der Waals surface area contributed by atoms with Crippen molar-refractivity contribution in [3.63, 3.8) is 0 Å². The summed E-state index contributed by atoms with van der Waals surface area (Å²) in [7, 11) is 0. The minimum atomic E-state index is -0.871. The van der Waals surface area contributed by atoms with Gasteiger partial charge in [-0.3, -0.25) is 9.59 Å². The number of aliphatic carboxylic acids is 1. The van der Waals surface area contributed by atoms with Crippen molar-refractivity contribution in [3.8, 4) is 5.75 Å². The van der Waals surface area contributed by atoms with Gasteiger partial charge in [0.2, 0.25) is 0 Å². The van der Waals surface area contributed by atoms with Gasteiger partial charge in [0, 0.05) is 24.4 Å². The van der Waals surface area contributed by atoms with Gasteiger partial charge in [-0.05, 0) is 36.8 Å². The van der Waals surface area contributed by atoms with Gasteiger partial charge in [-0.2, -0.15) is 0 Å². The number of halogens is 1. The second-order valence-corrected chi connectivity index (χ2v) is 5.07. The number of allylic oxidation sites excluding steroid dienone is 1. The van der Waals surface area contributed by atoms with Gasteiger partial charge in [0.1, 0.15) is 11.6 Å². The Morgan fingerprint density at radius 1 is 1.39 bits per heavy atom. The van der Waals surface area contributed by atoms with Gasteiger partial charge in [0.25, 0.3) is 0 Å². The molecule has 0 aliphatic heterocycles. The minimum absolute atomic E-state index is 0.0335. The molecule has 0 aliphatic carbocycles. The third-order valence-electron chi connectivity index (χ3n) is 2.92. The fourth-order valence-corrected chi connectivity index (χ4v) is 2.03. The Morgan fingerprint density at radius 2 is 2.22 bits per heavy atom. The summed E-state index contributed by atoms with van der Waals surface area (Å²) < 4.78 is 5.40. The first-order valence-electron chi connectivity index (χ1n) is 6.92. The lowest BCUT2D eigenvalue weighted by molar-refractivity contribution is -0.137. The number of hydrogen-bond donors (Lipinski definition) is 2. The zero-order chi connectivity index (χ0) is 16.7. The molecule has 2 N–H and O–H groups in total. The van der Waals surface area contributed by atoms with Crippen LogP contribution in [0.4, 0.5) is 0 Å². The van der Waals surface area contributed by atoms with Crippen molar-refractivity contribution in [3.05, 3.63) is 53.1 Å².